The molecule has 1 unspecified atom stereocenters. The van der Waals surface area contributed by atoms with Crippen LogP contribution in [0, 0.1) is 30.0 Å². The van der Waals surface area contributed by atoms with Crippen molar-refractivity contribution in [2.45, 2.75) is 58.9 Å². The number of thioether (sulfide) groups is 1. The number of nitrogens with one attached hydrogen (secondary N) is 2. The van der Waals surface area contributed by atoms with Crippen molar-refractivity contribution in [2.75, 3.05) is 12.3 Å². The molecule has 3 aromatic rings. The number of amides is 1. The summed E-state index contributed by atoms with van der Waals surface area (Å²) >= 11 is 1.41. The van der Waals surface area contributed by atoms with Crippen LogP contribution in [0.25, 0.3) is 11.1 Å². The second-order valence-corrected chi connectivity index (χ2v) is 12.4. The van der Waals surface area contributed by atoms with E-state index in [1.54, 1.807) is 31.2 Å². The smallest absolute Gasteiger partial charge is 0.347 e. The van der Waals surface area contributed by atoms with E-state index in [0.29, 0.717) is 35.9 Å². The highest BCUT2D eigenvalue weighted by molar-refractivity contribution is 8.14. The minimum atomic E-state index is -4.68. The standard InChI is InChI=1S/C30H33F4N5OS/c1-17(2)14-39-16-24(27(37-39)30(32,33)34)22-11-19(15-38-8-9-41-29(38)35)12-23(13-22)28(40)36-26(20-4-5-20)21-6-7-25(31)18(3)10-21/h6-7,10-13,16-17,20,26,35H,4-5,8-9,14-15H2,1-3H3,(H,36,40). The fourth-order valence-electron chi connectivity index (χ4n) is 5.18. The van der Waals surface area contributed by atoms with Crippen molar-refractivity contribution in [3.8, 4) is 11.1 Å². The third-order valence-corrected chi connectivity index (χ3v) is 8.25. The fourth-order valence-corrected chi connectivity index (χ4v) is 6.03. The number of alkyl halides is 3. The summed E-state index contributed by atoms with van der Waals surface area (Å²) in [6.07, 6.45) is -1.44. The van der Waals surface area contributed by atoms with E-state index in [0.717, 1.165) is 24.2 Å². The molecule has 1 aliphatic heterocycles. The van der Waals surface area contributed by atoms with Gasteiger partial charge in [-0.1, -0.05) is 37.7 Å². The van der Waals surface area contributed by atoms with Crippen molar-refractivity contribution in [3.05, 3.63) is 76.4 Å². The Balaban J connectivity index is 1.54. The molecule has 5 rings (SSSR count). The average Bonchev–Trinajstić information content (AvgIpc) is 3.53. The summed E-state index contributed by atoms with van der Waals surface area (Å²) in [6.45, 7) is 6.73. The maximum Gasteiger partial charge on any atom is 0.435 e. The van der Waals surface area contributed by atoms with Gasteiger partial charge < -0.3 is 10.2 Å². The van der Waals surface area contributed by atoms with E-state index >= 15 is 0 Å². The molecule has 1 amide bonds. The summed E-state index contributed by atoms with van der Waals surface area (Å²) in [5.74, 6) is 0.313. The lowest BCUT2D eigenvalue weighted by molar-refractivity contribution is -0.141. The fraction of sp³-hybridized carbons (Fsp3) is 0.433. The van der Waals surface area contributed by atoms with Gasteiger partial charge in [-0.2, -0.15) is 18.3 Å². The van der Waals surface area contributed by atoms with Crippen LogP contribution in [0.1, 0.15) is 65.5 Å². The number of aryl methyl sites for hydroxylation is 1. The van der Waals surface area contributed by atoms with E-state index in [2.05, 4.69) is 10.4 Å². The molecule has 41 heavy (non-hydrogen) atoms. The molecule has 0 bridgehead atoms. The van der Waals surface area contributed by atoms with E-state index in [1.165, 1.54) is 34.8 Å². The van der Waals surface area contributed by atoms with Gasteiger partial charge in [-0.25, -0.2) is 4.39 Å². The predicted molar refractivity (Wildman–Crippen MR) is 152 cm³/mol. The van der Waals surface area contributed by atoms with Gasteiger partial charge in [-0.15, -0.1) is 0 Å². The van der Waals surface area contributed by atoms with Gasteiger partial charge in [0, 0.05) is 42.7 Å². The summed E-state index contributed by atoms with van der Waals surface area (Å²) in [6, 6.07) is 9.27. The van der Waals surface area contributed by atoms with Crippen LogP contribution in [0.4, 0.5) is 17.6 Å². The molecule has 2 aliphatic rings. The van der Waals surface area contributed by atoms with Gasteiger partial charge in [0.15, 0.2) is 10.9 Å². The Bertz CT molecular complexity index is 1460. The number of rotatable bonds is 9. The number of carbonyl (C=O) groups excluding carboxylic acids is 1. The number of hydrogen-bond donors (Lipinski definition) is 2. The van der Waals surface area contributed by atoms with Gasteiger partial charge in [0.25, 0.3) is 5.91 Å². The van der Waals surface area contributed by atoms with E-state index in [-0.39, 0.29) is 40.4 Å². The van der Waals surface area contributed by atoms with Crippen LogP contribution in [0.3, 0.4) is 0 Å². The normalized spacial score (nSPS) is 16.5. The third kappa shape index (κ3) is 6.77. The highest BCUT2D eigenvalue weighted by atomic mass is 32.2. The molecule has 6 nitrogen and oxygen atoms in total. The second-order valence-electron chi connectivity index (χ2n) is 11.3. The molecule has 1 saturated heterocycles. The maximum absolute atomic E-state index is 14.1. The van der Waals surface area contributed by atoms with Crippen molar-refractivity contribution in [1.82, 2.24) is 20.0 Å². The van der Waals surface area contributed by atoms with Crippen molar-refractivity contribution in [3.63, 3.8) is 0 Å². The molecule has 1 aromatic heterocycles. The SMILES string of the molecule is Cc1cc(C(NC(=O)c2cc(CN3CCSC3=N)cc(-c3cn(CC(C)C)nc3C(F)(F)F)c2)C2CC2)ccc1F. The van der Waals surface area contributed by atoms with Crippen LogP contribution in [-0.4, -0.2) is 38.1 Å². The summed E-state index contributed by atoms with van der Waals surface area (Å²) in [7, 11) is 0. The van der Waals surface area contributed by atoms with Crippen molar-refractivity contribution in [1.29, 1.82) is 5.41 Å². The largest absolute Gasteiger partial charge is 0.435 e. The molecule has 1 saturated carbocycles. The highest BCUT2D eigenvalue weighted by Crippen LogP contribution is 2.42. The Morgan fingerprint density at radius 3 is 2.56 bits per heavy atom. The first-order chi connectivity index (χ1) is 19.4. The molecule has 2 aromatic carbocycles. The Labute approximate surface area is 241 Å². The van der Waals surface area contributed by atoms with Gasteiger partial charge >= 0.3 is 6.18 Å². The molecule has 0 radical (unpaired) electrons. The van der Waals surface area contributed by atoms with Crippen LogP contribution in [0.2, 0.25) is 0 Å². The monoisotopic (exact) mass is 587 g/mol. The number of halogens is 4. The van der Waals surface area contributed by atoms with Gasteiger partial charge in [-0.3, -0.25) is 14.9 Å². The molecule has 0 spiro atoms. The van der Waals surface area contributed by atoms with E-state index < -0.39 is 17.8 Å². The Kier molecular flexibility index (Phi) is 8.18. The number of nitrogens with zero attached hydrogens (tertiary/aromatic N) is 3. The number of hydrogen-bond acceptors (Lipinski definition) is 4. The maximum atomic E-state index is 14.1. The molecule has 2 heterocycles. The zero-order chi connectivity index (χ0) is 29.5. The average molecular weight is 588 g/mol. The zero-order valence-electron chi connectivity index (χ0n) is 23.2. The third-order valence-electron chi connectivity index (χ3n) is 7.33. The summed E-state index contributed by atoms with van der Waals surface area (Å²) < 4.78 is 57.6. The van der Waals surface area contributed by atoms with Crippen LogP contribution < -0.4 is 5.32 Å². The number of aromatic nitrogens is 2. The zero-order valence-corrected chi connectivity index (χ0v) is 24.0. The van der Waals surface area contributed by atoms with Gasteiger partial charge in [0.2, 0.25) is 0 Å². The lowest BCUT2D eigenvalue weighted by atomic mass is 9.97. The second kappa shape index (κ2) is 11.5. The van der Waals surface area contributed by atoms with Gasteiger partial charge in [-0.05, 0) is 78.1 Å². The first kappa shape index (κ1) is 29.2. The molecular weight excluding hydrogens is 554 g/mol. The van der Waals surface area contributed by atoms with Crippen LogP contribution in [-0.2, 0) is 19.3 Å². The number of carbonyl (C=O) groups is 1. The van der Waals surface area contributed by atoms with Crippen LogP contribution in [0.15, 0.2) is 42.6 Å². The van der Waals surface area contributed by atoms with E-state index in [9.17, 15) is 22.4 Å². The highest BCUT2D eigenvalue weighted by Gasteiger charge is 2.38. The van der Waals surface area contributed by atoms with Crippen molar-refractivity contribution < 1.29 is 22.4 Å². The Morgan fingerprint density at radius 2 is 1.95 bits per heavy atom. The van der Waals surface area contributed by atoms with Crippen molar-refractivity contribution in [2.24, 2.45) is 11.8 Å². The molecule has 2 N–H and O–H groups in total. The minimum absolute atomic E-state index is 0.0876. The summed E-state index contributed by atoms with van der Waals surface area (Å²) in [4.78, 5) is 15.5. The Morgan fingerprint density at radius 1 is 1.20 bits per heavy atom. The topological polar surface area (TPSA) is 74.0 Å². The summed E-state index contributed by atoms with van der Waals surface area (Å²) in [5.41, 5.74) is 1.30. The van der Waals surface area contributed by atoms with Crippen LogP contribution >= 0.6 is 11.8 Å². The number of amidine groups is 1. The molecular formula is C30H33F4N5OS. The molecule has 218 valence electrons. The minimum Gasteiger partial charge on any atom is -0.347 e. The first-order valence-corrected chi connectivity index (χ1v) is 14.7. The van der Waals surface area contributed by atoms with E-state index in [4.69, 9.17) is 5.41 Å². The Hall–Kier alpha value is -3.34. The van der Waals surface area contributed by atoms with Gasteiger partial charge in [0.05, 0.1) is 6.04 Å². The van der Waals surface area contributed by atoms with E-state index in [1.807, 2.05) is 18.7 Å². The lowest BCUT2D eigenvalue weighted by Gasteiger charge is -2.21. The quantitative estimate of drug-likeness (QED) is 0.264. The summed E-state index contributed by atoms with van der Waals surface area (Å²) in [5, 5.41) is 15.5. The molecule has 2 fully saturated rings. The number of benzene rings is 2. The van der Waals surface area contributed by atoms with Crippen molar-refractivity contribution >= 4 is 22.8 Å². The first-order valence-electron chi connectivity index (χ1n) is 13.7. The predicted octanol–water partition coefficient (Wildman–Crippen LogP) is 7.04. The molecule has 1 atom stereocenters. The lowest BCUT2D eigenvalue weighted by Crippen LogP contribution is -2.30. The molecule has 11 heteroatoms. The van der Waals surface area contributed by atoms with Crippen LogP contribution in [0.5, 0.6) is 0 Å². The van der Waals surface area contributed by atoms with Gasteiger partial charge in [0.1, 0.15) is 5.82 Å². The molecule has 1 aliphatic carbocycles.